The molecule has 1 aliphatic heterocycles. The fourth-order valence-corrected chi connectivity index (χ4v) is 2.92. The average molecular weight is 376 g/mol. The van der Waals surface area contributed by atoms with Gasteiger partial charge in [0.25, 0.3) is 0 Å². The molecule has 8 heteroatoms. The molecule has 2 amide bonds. The first kappa shape index (κ1) is 18.1. The van der Waals surface area contributed by atoms with Crippen molar-refractivity contribution in [1.82, 2.24) is 5.32 Å². The Morgan fingerprint density at radius 2 is 1.73 bits per heavy atom. The molecule has 2 N–H and O–H groups in total. The van der Waals surface area contributed by atoms with Crippen LogP contribution in [0.15, 0.2) is 42.5 Å². The van der Waals surface area contributed by atoms with Crippen molar-refractivity contribution in [3.8, 4) is 11.5 Å². The van der Waals surface area contributed by atoms with Crippen LogP contribution in [-0.4, -0.2) is 30.1 Å². The van der Waals surface area contributed by atoms with Crippen LogP contribution in [0.4, 0.5) is 10.1 Å². The third-order valence-electron chi connectivity index (χ3n) is 3.52. The molecule has 0 unspecified atom stereocenters. The minimum atomic E-state index is -0.364. The fraction of sp³-hybridized carbons (Fsp3) is 0.222. The van der Waals surface area contributed by atoms with Crippen LogP contribution in [-0.2, 0) is 16.1 Å². The summed E-state index contributed by atoms with van der Waals surface area (Å²) in [5.74, 6) is 0.895. The summed E-state index contributed by atoms with van der Waals surface area (Å²) in [6.07, 6.45) is 0. The first-order chi connectivity index (χ1) is 12.6. The van der Waals surface area contributed by atoms with Crippen LogP contribution in [0.25, 0.3) is 0 Å². The number of carbonyl (C=O) groups is 2. The van der Waals surface area contributed by atoms with Crippen LogP contribution in [0.5, 0.6) is 11.5 Å². The normalized spacial score (nSPS) is 11.9. The number of nitrogens with one attached hydrogen (secondary N) is 2. The summed E-state index contributed by atoms with van der Waals surface area (Å²) in [4.78, 5) is 23.6. The number of thioether (sulfide) groups is 1. The molecular weight excluding hydrogens is 359 g/mol. The van der Waals surface area contributed by atoms with E-state index in [2.05, 4.69) is 10.6 Å². The largest absolute Gasteiger partial charge is 0.454 e. The van der Waals surface area contributed by atoms with Crippen LogP contribution < -0.4 is 20.1 Å². The molecule has 0 bridgehead atoms. The van der Waals surface area contributed by atoms with E-state index in [0.29, 0.717) is 23.7 Å². The third kappa shape index (κ3) is 5.13. The maximum absolute atomic E-state index is 12.8. The van der Waals surface area contributed by atoms with Crippen molar-refractivity contribution < 1.29 is 23.5 Å². The lowest BCUT2D eigenvalue weighted by atomic mass is 10.2. The lowest BCUT2D eigenvalue weighted by molar-refractivity contribution is -0.118. The monoisotopic (exact) mass is 376 g/mol. The molecule has 0 spiro atoms. The van der Waals surface area contributed by atoms with E-state index in [1.165, 1.54) is 36.0 Å². The molecule has 0 saturated carbocycles. The lowest BCUT2D eigenvalue weighted by Gasteiger charge is -2.07. The molecule has 2 aromatic rings. The predicted octanol–water partition coefficient (Wildman–Crippen LogP) is 2.54. The van der Waals surface area contributed by atoms with Gasteiger partial charge in [-0.1, -0.05) is 6.07 Å². The Kier molecular flexibility index (Phi) is 5.96. The Labute approximate surface area is 154 Å². The second-order valence-electron chi connectivity index (χ2n) is 5.51. The standard InChI is InChI=1S/C18H17FN2O4S/c19-13-2-4-14(5-3-13)21-18(23)10-26-9-17(22)20-8-12-1-6-15-16(7-12)25-11-24-15/h1-7H,8-11H2,(H,20,22)(H,21,23). The summed E-state index contributed by atoms with van der Waals surface area (Å²) in [5.41, 5.74) is 1.42. The van der Waals surface area contributed by atoms with Crippen LogP contribution in [0.3, 0.4) is 0 Å². The van der Waals surface area contributed by atoms with Crippen LogP contribution in [0.2, 0.25) is 0 Å². The van der Waals surface area contributed by atoms with E-state index in [1.807, 2.05) is 12.1 Å². The molecular formula is C18H17FN2O4S. The van der Waals surface area contributed by atoms with Gasteiger partial charge in [-0.25, -0.2) is 4.39 Å². The molecule has 0 aromatic heterocycles. The van der Waals surface area contributed by atoms with Crippen LogP contribution in [0, 0.1) is 5.82 Å². The maximum Gasteiger partial charge on any atom is 0.234 e. The molecule has 1 heterocycles. The van der Waals surface area contributed by atoms with Crippen molar-refractivity contribution in [3.63, 3.8) is 0 Å². The molecule has 2 aromatic carbocycles. The Morgan fingerprint density at radius 1 is 1.00 bits per heavy atom. The van der Waals surface area contributed by atoms with Gasteiger partial charge in [0.05, 0.1) is 11.5 Å². The van der Waals surface area contributed by atoms with Crippen molar-refractivity contribution in [2.24, 2.45) is 0 Å². The van der Waals surface area contributed by atoms with E-state index in [-0.39, 0.29) is 35.9 Å². The van der Waals surface area contributed by atoms with Gasteiger partial charge >= 0.3 is 0 Å². The molecule has 0 fully saturated rings. The molecule has 26 heavy (non-hydrogen) atoms. The van der Waals surface area contributed by atoms with Gasteiger partial charge in [0.1, 0.15) is 5.82 Å². The minimum Gasteiger partial charge on any atom is -0.454 e. The van der Waals surface area contributed by atoms with Crippen LogP contribution in [0.1, 0.15) is 5.56 Å². The van der Waals surface area contributed by atoms with Crippen molar-refractivity contribution in [2.75, 3.05) is 23.6 Å². The molecule has 136 valence electrons. The highest BCUT2D eigenvalue weighted by molar-refractivity contribution is 8.00. The topological polar surface area (TPSA) is 76.7 Å². The van der Waals surface area contributed by atoms with Gasteiger partial charge in [-0.2, -0.15) is 0 Å². The number of hydrogen-bond acceptors (Lipinski definition) is 5. The predicted molar refractivity (Wildman–Crippen MR) is 96.8 cm³/mol. The van der Waals surface area contributed by atoms with Gasteiger partial charge in [0.2, 0.25) is 18.6 Å². The number of anilines is 1. The number of benzene rings is 2. The van der Waals surface area contributed by atoms with Crippen molar-refractivity contribution in [2.45, 2.75) is 6.54 Å². The maximum atomic E-state index is 12.8. The van der Waals surface area contributed by atoms with Crippen molar-refractivity contribution in [3.05, 3.63) is 53.8 Å². The Balaban J connectivity index is 1.35. The quantitative estimate of drug-likeness (QED) is 0.777. The van der Waals surface area contributed by atoms with E-state index < -0.39 is 0 Å². The number of hydrogen-bond donors (Lipinski definition) is 2. The molecule has 1 aliphatic rings. The van der Waals surface area contributed by atoms with Crippen molar-refractivity contribution >= 4 is 29.3 Å². The second kappa shape index (κ2) is 8.57. The summed E-state index contributed by atoms with van der Waals surface area (Å²) in [5, 5.41) is 5.43. The summed E-state index contributed by atoms with van der Waals surface area (Å²) in [6.45, 7) is 0.583. The van der Waals surface area contributed by atoms with Gasteiger partial charge in [0, 0.05) is 12.2 Å². The highest BCUT2D eigenvalue weighted by Crippen LogP contribution is 2.32. The molecule has 6 nitrogen and oxygen atoms in total. The smallest absolute Gasteiger partial charge is 0.234 e. The Morgan fingerprint density at radius 3 is 2.54 bits per heavy atom. The zero-order chi connectivity index (χ0) is 18.4. The van der Waals surface area contributed by atoms with Gasteiger partial charge in [-0.15, -0.1) is 11.8 Å². The van der Waals surface area contributed by atoms with Gasteiger partial charge < -0.3 is 20.1 Å². The highest BCUT2D eigenvalue weighted by Gasteiger charge is 2.13. The van der Waals surface area contributed by atoms with E-state index in [4.69, 9.17) is 9.47 Å². The Hall–Kier alpha value is -2.74. The number of amides is 2. The number of halogens is 1. The number of ether oxygens (including phenoxy) is 2. The highest BCUT2D eigenvalue weighted by atomic mass is 32.2. The van der Waals surface area contributed by atoms with Crippen molar-refractivity contribution in [1.29, 1.82) is 0 Å². The molecule has 3 rings (SSSR count). The second-order valence-corrected chi connectivity index (χ2v) is 6.50. The van der Waals surface area contributed by atoms with E-state index in [1.54, 1.807) is 6.07 Å². The summed E-state index contributed by atoms with van der Waals surface area (Å²) >= 11 is 1.20. The number of fused-ring (bicyclic) bond motifs is 1. The zero-order valence-electron chi connectivity index (χ0n) is 13.8. The molecule has 0 aliphatic carbocycles. The summed E-state index contributed by atoms with van der Waals surface area (Å²) in [7, 11) is 0. The third-order valence-corrected chi connectivity index (χ3v) is 4.45. The first-order valence-electron chi connectivity index (χ1n) is 7.88. The van der Waals surface area contributed by atoms with Gasteiger partial charge in [0.15, 0.2) is 11.5 Å². The lowest BCUT2D eigenvalue weighted by Crippen LogP contribution is -2.25. The molecule has 0 saturated heterocycles. The van der Waals surface area contributed by atoms with E-state index in [0.717, 1.165) is 5.56 Å². The molecule has 0 atom stereocenters. The number of carbonyl (C=O) groups excluding carboxylic acids is 2. The SMILES string of the molecule is O=C(CSCC(=O)Nc1ccc(F)cc1)NCc1ccc2c(c1)OCO2. The minimum absolute atomic E-state index is 0.134. The first-order valence-corrected chi connectivity index (χ1v) is 9.04. The number of rotatable bonds is 7. The molecule has 0 radical (unpaired) electrons. The van der Waals surface area contributed by atoms with Gasteiger partial charge in [-0.05, 0) is 42.0 Å². The average Bonchev–Trinajstić information content (AvgIpc) is 3.10. The zero-order valence-corrected chi connectivity index (χ0v) is 14.6. The van der Waals surface area contributed by atoms with E-state index in [9.17, 15) is 14.0 Å². The van der Waals surface area contributed by atoms with Gasteiger partial charge in [-0.3, -0.25) is 9.59 Å². The van der Waals surface area contributed by atoms with Crippen LogP contribution >= 0.6 is 11.8 Å². The summed E-state index contributed by atoms with van der Waals surface area (Å²) in [6, 6.07) is 11.0. The Bertz CT molecular complexity index is 798. The summed E-state index contributed by atoms with van der Waals surface area (Å²) < 4.78 is 23.3. The van der Waals surface area contributed by atoms with E-state index >= 15 is 0 Å². The fourth-order valence-electron chi connectivity index (χ4n) is 2.27.